The van der Waals surface area contributed by atoms with Crippen molar-refractivity contribution < 1.29 is 28.6 Å². The number of carbonyl (C=O) groups is 3. The molecule has 0 radical (unpaired) electrons. The summed E-state index contributed by atoms with van der Waals surface area (Å²) in [5, 5.41) is 0. The maximum atomic E-state index is 12.1. The quantitative estimate of drug-likeness (QED) is 0.343. The molecule has 1 atom stereocenters. The van der Waals surface area contributed by atoms with Crippen LogP contribution in [0.25, 0.3) is 0 Å². The van der Waals surface area contributed by atoms with E-state index < -0.39 is 23.5 Å². The first-order valence-corrected chi connectivity index (χ1v) is 5.55. The molecule has 1 fully saturated rings. The van der Waals surface area contributed by atoms with E-state index in [1.54, 1.807) is 6.07 Å². The monoisotopic (exact) mass is 264 g/mol. The average Bonchev–Trinajstić information content (AvgIpc) is 2.77. The Morgan fingerprint density at radius 2 is 1.89 bits per heavy atom. The SMILES string of the molecule is COc1ccc(C(=O)C2COC(=O)C2=O)cc1OC. The van der Waals surface area contributed by atoms with E-state index in [0.29, 0.717) is 11.5 Å². The van der Waals surface area contributed by atoms with Gasteiger partial charge < -0.3 is 14.2 Å². The summed E-state index contributed by atoms with van der Waals surface area (Å²) in [7, 11) is 2.92. The molecular formula is C13H12O6. The lowest BCUT2D eigenvalue weighted by molar-refractivity contribution is -0.147. The van der Waals surface area contributed by atoms with Crippen LogP contribution in [0.5, 0.6) is 11.5 Å². The van der Waals surface area contributed by atoms with Gasteiger partial charge in [-0.15, -0.1) is 0 Å². The highest BCUT2D eigenvalue weighted by atomic mass is 16.5. The zero-order chi connectivity index (χ0) is 14.0. The smallest absolute Gasteiger partial charge is 0.375 e. The Hall–Kier alpha value is -2.37. The van der Waals surface area contributed by atoms with E-state index in [0.717, 1.165) is 0 Å². The van der Waals surface area contributed by atoms with E-state index in [2.05, 4.69) is 4.74 Å². The third-order valence-electron chi connectivity index (χ3n) is 2.88. The molecule has 1 saturated heterocycles. The van der Waals surface area contributed by atoms with Crippen molar-refractivity contribution in [2.75, 3.05) is 20.8 Å². The molecule has 2 rings (SSSR count). The highest BCUT2D eigenvalue weighted by molar-refractivity contribution is 6.41. The minimum atomic E-state index is -1.06. The average molecular weight is 264 g/mol. The molecule has 100 valence electrons. The van der Waals surface area contributed by atoms with Gasteiger partial charge in [-0.25, -0.2) is 4.79 Å². The Morgan fingerprint density at radius 1 is 1.21 bits per heavy atom. The second-order valence-corrected chi connectivity index (χ2v) is 3.95. The predicted octanol–water partition coefficient (Wildman–Crippen LogP) is 0.629. The van der Waals surface area contributed by atoms with Gasteiger partial charge in [-0.1, -0.05) is 0 Å². The Labute approximate surface area is 109 Å². The molecule has 1 unspecified atom stereocenters. The maximum absolute atomic E-state index is 12.1. The first kappa shape index (κ1) is 13.1. The van der Waals surface area contributed by atoms with Crippen LogP contribution in [0.3, 0.4) is 0 Å². The molecule has 1 aliphatic rings. The highest BCUT2D eigenvalue weighted by Crippen LogP contribution is 2.29. The first-order chi connectivity index (χ1) is 9.08. The first-order valence-electron chi connectivity index (χ1n) is 5.55. The van der Waals surface area contributed by atoms with Crippen LogP contribution >= 0.6 is 0 Å². The summed E-state index contributed by atoms with van der Waals surface area (Å²) in [6.07, 6.45) is 0. The lowest BCUT2D eigenvalue weighted by Gasteiger charge is -2.10. The summed E-state index contributed by atoms with van der Waals surface area (Å²) in [6.45, 7) is -0.204. The lowest BCUT2D eigenvalue weighted by Crippen LogP contribution is -2.24. The van der Waals surface area contributed by atoms with Crippen molar-refractivity contribution in [3.8, 4) is 11.5 Å². The fraction of sp³-hybridized carbons (Fsp3) is 0.308. The molecule has 1 heterocycles. The van der Waals surface area contributed by atoms with Crippen molar-refractivity contribution >= 4 is 17.5 Å². The molecule has 0 amide bonds. The Kier molecular flexibility index (Phi) is 3.50. The van der Waals surface area contributed by atoms with Crippen LogP contribution in [-0.2, 0) is 14.3 Å². The number of methoxy groups -OCH3 is 2. The van der Waals surface area contributed by atoms with Gasteiger partial charge in [-0.2, -0.15) is 0 Å². The number of Topliss-reactive ketones (excluding diaryl/α,β-unsaturated/α-hetero) is 2. The zero-order valence-corrected chi connectivity index (χ0v) is 10.5. The fourth-order valence-corrected chi connectivity index (χ4v) is 1.83. The van der Waals surface area contributed by atoms with Crippen LogP contribution in [0, 0.1) is 5.92 Å². The van der Waals surface area contributed by atoms with Crippen LogP contribution in [0.1, 0.15) is 10.4 Å². The highest BCUT2D eigenvalue weighted by Gasteiger charge is 2.40. The second-order valence-electron chi connectivity index (χ2n) is 3.95. The summed E-state index contributed by atoms with van der Waals surface area (Å²) < 4.78 is 14.7. The van der Waals surface area contributed by atoms with Crippen LogP contribution in [-0.4, -0.2) is 38.4 Å². The van der Waals surface area contributed by atoms with Crippen molar-refractivity contribution in [2.45, 2.75) is 0 Å². The van der Waals surface area contributed by atoms with Crippen molar-refractivity contribution in [2.24, 2.45) is 5.92 Å². The Bertz CT molecular complexity index is 548. The standard InChI is InChI=1S/C13H12O6/c1-17-9-4-3-7(5-10(9)18-2)11(14)8-6-19-13(16)12(8)15/h3-5,8H,6H2,1-2H3. The Morgan fingerprint density at radius 3 is 2.42 bits per heavy atom. The van der Waals surface area contributed by atoms with Gasteiger partial charge in [0.15, 0.2) is 17.3 Å². The van der Waals surface area contributed by atoms with E-state index in [1.165, 1.54) is 26.4 Å². The molecule has 6 heteroatoms. The third kappa shape index (κ3) is 2.29. The molecular weight excluding hydrogens is 252 g/mol. The van der Waals surface area contributed by atoms with Crippen molar-refractivity contribution in [1.82, 2.24) is 0 Å². The summed E-state index contributed by atoms with van der Waals surface area (Å²) in [6, 6.07) is 4.55. The van der Waals surface area contributed by atoms with E-state index in [9.17, 15) is 14.4 Å². The summed E-state index contributed by atoms with van der Waals surface area (Å²) in [5.74, 6) is -2.43. The number of ketones is 2. The van der Waals surface area contributed by atoms with E-state index in [4.69, 9.17) is 9.47 Å². The van der Waals surface area contributed by atoms with Crippen molar-refractivity contribution in [3.63, 3.8) is 0 Å². The largest absolute Gasteiger partial charge is 0.493 e. The maximum Gasteiger partial charge on any atom is 0.375 e. The van der Waals surface area contributed by atoms with Gasteiger partial charge >= 0.3 is 5.97 Å². The molecule has 19 heavy (non-hydrogen) atoms. The zero-order valence-electron chi connectivity index (χ0n) is 10.5. The van der Waals surface area contributed by atoms with E-state index in [1.807, 2.05) is 0 Å². The van der Waals surface area contributed by atoms with Gasteiger partial charge in [0.1, 0.15) is 12.5 Å². The number of carbonyl (C=O) groups excluding carboxylic acids is 3. The molecule has 6 nitrogen and oxygen atoms in total. The Balaban J connectivity index is 2.29. The van der Waals surface area contributed by atoms with Crippen LogP contribution in [0.2, 0.25) is 0 Å². The van der Waals surface area contributed by atoms with Crippen molar-refractivity contribution in [1.29, 1.82) is 0 Å². The van der Waals surface area contributed by atoms with E-state index in [-0.39, 0.29) is 12.2 Å². The number of hydrogen-bond donors (Lipinski definition) is 0. The minimum absolute atomic E-state index is 0.204. The molecule has 0 bridgehead atoms. The molecule has 1 aromatic rings. The number of rotatable bonds is 4. The molecule has 1 aliphatic heterocycles. The second kappa shape index (κ2) is 5.09. The van der Waals surface area contributed by atoms with Gasteiger partial charge in [0.2, 0.25) is 0 Å². The molecule has 0 N–H and O–H groups in total. The number of esters is 1. The molecule has 1 aromatic carbocycles. The molecule has 0 aromatic heterocycles. The normalized spacial score (nSPS) is 18.1. The number of ether oxygens (including phenoxy) is 3. The predicted molar refractivity (Wildman–Crippen MR) is 63.3 cm³/mol. The topological polar surface area (TPSA) is 78.9 Å². The summed E-state index contributed by atoms with van der Waals surface area (Å²) >= 11 is 0. The molecule has 0 saturated carbocycles. The number of cyclic esters (lactones) is 1. The van der Waals surface area contributed by atoms with Crippen LogP contribution in [0.15, 0.2) is 18.2 Å². The van der Waals surface area contributed by atoms with Gasteiger partial charge in [-0.3, -0.25) is 9.59 Å². The molecule has 0 aliphatic carbocycles. The summed E-state index contributed by atoms with van der Waals surface area (Å²) in [4.78, 5) is 34.5. The fourth-order valence-electron chi connectivity index (χ4n) is 1.83. The van der Waals surface area contributed by atoms with Gasteiger partial charge in [-0.05, 0) is 18.2 Å². The van der Waals surface area contributed by atoms with Crippen molar-refractivity contribution in [3.05, 3.63) is 23.8 Å². The minimum Gasteiger partial charge on any atom is -0.493 e. The van der Waals surface area contributed by atoms with Crippen LogP contribution in [0.4, 0.5) is 0 Å². The number of benzene rings is 1. The van der Waals surface area contributed by atoms with E-state index >= 15 is 0 Å². The third-order valence-corrected chi connectivity index (χ3v) is 2.88. The number of hydrogen-bond acceptors (Lipinski definition) is 6. The summed E-state index contributed by atoms with van der Waals surface area (Å²) in [5.41, 5.74) is 0.273. The lowest BCUT2D eigenvalue weighted by atomic mass is 9.96. The van der Waals surface area contributed by atoms with Crippen LogP contribution < -0.4 is 9.47 Å². The molecule has 0 spiro atoms. The van der Waals surface area contributed by atoms with Gasteiger partial charge in [0, 0.05) is 5.56 Å². The van der Waals surface area contributed by atoms with Gasteiger partial charge in [0.05, 0.1) is 14.2 Å². The van der Waals surface area contributed by atoms with Gasteiger partial charge in [0.25, 0.3) is 5.78 Å².